The number of carbonyl (C=O) groups excluding carboxylic acids is 5. The van der Waals surface area contributed by atoms with Crippen LogP contribution in [0.2, 0.25) is 0 Å². The van der Waals surface area contributed by atoms with Crippen LogP contribution in [0.5, 0.6) is 0 Å². The van der Waals surface area contributed by atoms with Crippen LogP contribution in [0.1, 0.15) is 114 Å². The summed E-state index contributed by atoms with van der Waals surface area (Å²) >= 11 is 0. The van der Waals surface area contributed by atoms with Crippen LogP contribution in [-0.4, -0.2) is 84.1 Å². The number of ketones is 1. The lowest BCUT2D eigenvalue weighted by atomic mass is 9.77. The zero-order valence-electron chi connectivity index (χ0n) is 38.4. The highest BCUT2D eigenvalue weighted by Gasteiger charge is 2.37. The molecule has 66 heavy (non-hydrogen) atoms. The van der Waals surface area contributed by atoms with Crippen LogP contribution in [0.25, 0.3) is 11.1 Å². The van der Waals surface area contributed by atoms with E-state index in [0.717, 1.165) is 24.5 Å². The summed E-state index contributed by atoms with van der Waals surface area (Å²) in [5, 5.41) is 16.4. The summed E-state index contributed by atoms with van der Waals surface area (Å²) in [4.78, 5) is 71.5. The second kappa shape index (κ2) is 21.0. The van der Waals surface area contributed by atoms with Gasteiger partial charge < -0.3 is 30.3 Å². The number of amides is 4. The second-order valence-corrected chi connectivity index (χ2v) is 19.3. The maximum atomic E-state index is 14.5. The topological polar surface area (TPSA) is 180 Å². The predicted molar refractivity (Wildman–Crippen MR) is 243 cm³/mol. The number of carbonyl (C=O) groups is 5. The molecule has 3 aliphatic rings. The number of aliphatic imine (C=N–C) groups is 1. The van der Waals surface area contributed by atoms with E-state index in [1.54, 1.807) is 90.1 Å². The van der Waals surface area contributed by atoms with Gasteiger partial charge in [-0.15, -0.1) is 5.11 Å². The molecule has 354 valence electrons. The smallest absolute Gasteiger partial charge is 0.417 e. The van der Waals surface area contributed by atoms with Crippen molar-refractivity contribution < 1.29 is 46.6 Å². The molecular formula is C49H60F3N7O7. The monoisotopic (exact) mass is 915 g/mol. The number of Topliss-reactive ketones (excluding diaryl/α,β-unsaturated/α-hetero) is 1. The number of alkyl carbamates (subject to hydrolysis) is 1. The highest BCUT2D eigenvalue weighted by atomic mass is 19.4. The van der Waals surface area contributed by atoms with E-state index in [1.165, 1.54) is 17.0 Å². The molecule has 0 spiro atoms. The highest BCUT2D eigenvalue weighted by Crippen LogP contribution is 2.36. The molecule has 0 radical (unpaired) electrons. The lowest BCUT2D eigenvalue weighted by Crippen LogP contribution is -2.48. The summed E-state index contributed by atoms with van der Waals surface area (Å²) < 4.78 is 54.3. The van der Waals surface area contributed by atoms with E-state index in [0.29, 0.717) is 68.0 Å². The highest BCUT2D eigenvalue weighted by molar-refractivity contribution is 6.01. The van der Waals surface area contributed by atoms with E-state index in [4.69, 9.17) is 9.47 Å². The van der Waals surface area contributed by atoms with Crippen LogP contribution in [0.3, 0.4) is 0 Å². The van der Waals surface area contributed by atoms with Crippen molar-refractivity contribution in [1.29, 1.82) is 0 Å². The largest absolute Gasteiger partial charge is 0.444 e. The van der Waals surface area contributed by atoms with Crippen LogP contribution < -0.4 is 16.0 Å². The molecule has 1 aliphatic carbocycles. The van der Waals surface area contributed by atoms with Gasteiger partial charge in [0.15, 0.2) is 12.5 Å². The van der Waals surface area contributed by atoms with Crippen LogP contribution in [-0.2, 0) is 31.7 Å². The molecule has 3 aromatic carbocycles. The van der Waals surface area contributed by atoms with Crippen molar-refractivity contribution in [2.45, 2.75) is 116 Å². The lowest BCUT2D eigenvalue weighted by molar-refractivity contribution is -0.138. The van der Waals surface area contributed by atoms with Gasteiger partial charge >= 0.3 is 18.4 Å². The summed E-state index contributed by atoms with van der Waals surface area (Å²) in [6.07, 6.45) is -2.17. The Balaban J connectivity index is 1.12. The van der Waals surface area contributed by atoms with Crippen molar-refractivity contribution in [1.82, 2.24) is 15.5 Å². The normalized spacial score (nSPS) is 18.5. The Morgan fingerprint density at radius 1 is 0.773 bits per heavy atom. The maximum absolute atomic E-state index is 14.5. The fraction of sp³-hybridized carbons (Fsp3) is 0.510. The third kappa shape index (κ3) is 14.2. The van der Waals surface area contributed by atoms with Crippen molar-refractivity contribution in [3.8, 4) is 11.1 Å². The molecule has 3 aromatic rings. The molecular weight excluding hydrogens is 856 g/mol. The zero-order chi connectivity index (χ0) is 47.8. The number of halogens is 3. The Hall–Kier alpha value is -6.13. The molecule has 4 amide bonds. The zero-order valence-corrected chi connectivity index (χ0v) is 38.4. The molecule has 2 aliphatic heterocycles. The Labute approximate surface area is 383 Å². The van der Waals surface area contributed by atoms with Gasteiger partial charge in [0.05, 0.1) is 11.1 Å². The fourth-order valence-corrected chi connectivity index (χ4v) is 8.29. The quantitative estimate of drug-likeness (QED) is 0.153. The Morgan fingerprint density at radius 3 is 1.98 bits per heavy atom. The minimum Gasteiger partial charge on any atom is -0.444 e. The molecule has 3 N–H and O–H groups in total. The number of benzene rings is 3. The SMILES string of the molecule is CC(C)(C)OC(=O)NCC1CCC(C(=O)C[C@@H](Cc2ccc(-c3ccc(C(=O)NC4CCN(C(=O)OC(C)(C)C)CC4)c(C(F)(F)F)c3)cc2)C(=O)Nc2ccc(C3=NCN=N3)cc2)CC1. The van der Waals surface area contributed by atoms with Crippen LogP contribution in [0.15, 0.2) is 82.0 Å². The predicted octanol–water partition coefficient (Wildman–Crippen LogP) is 9.76. The molecule has 6 rings (SSSR count). The van der Waals surface area contributed by atoms with Gasteiger partial charge in [-0.2, -0.15) is 18.3 Å². The molecule has 0 aromatic heterocycles. The first-order valence-corrected chi connectivity index (χ1v) is 22.5. The van der Waals surface area contributed by atoms with Gasteiger partial charge in [-0.05, 0) is 145 Å². The van der Waals surface area contributed by atoms with E-state index in [2.05, 4.69) is 31.2 Å². The summed E-state index contributed by atoms with van der Waals surface area (Å²) in [5.41, 5.74) is -0.193. The van der Waals surface area contributed by atoms with Crippen molar-refractivity contribution >= 4 is 41.3 Å². The maximum Gasteiger partial charge on any atom is 0.417 e. The number of alkyl halides is 3. The molecule has 0 bridgehead atoms. The summed E-state index contributed by atoms with van der Waals surface area (Å²) in [7, 11) is 0. The van der Waals surface area contributed by atoms with Gasteiger partial charge in [-0.1, -0.05) is 30.3 Å². The number of hydrogen-bond acceptors (Lipinski definition) is 10. The number of rotatable bonds is 13. The number of nitrogens with one attached hydrogen (secondary N) is 3. The van der Waals surface area contributed by atoms with Crippen LogP contribution in [0, 0.1) is 17.8 Å². The number of anilines is 1. The van der Waals surface area contributed by atoms with E-state index < -0.39 is 58.6 Å². The van der Waals surface area contributed by atoms with Gasteiger partial charge in [-0.25, -0.2) is 14.6 Å². The van der Waals surface area contributed by atoms with E-state index in [9.17, 15) is 37.1 Å². The van der Waals surface area contributed by atoms with Gasteiger partial charge in [0.1, 0.15) is 17.0 Å². The number of ether oxygens (including phenoxy) is 2. The van der Waals surface area contributed by atoms with Crippen molar-refractivity contribution in [2.75, 3.05) is 31.6 Å². The lowest BCUT2D eigenvalue weighted by Gasteiger charge is -2.33. The minimum absolute atomic E-state index is 0.0182. The molecule has 2 heterocycles. The average molecular weight is 916 g/mol. The van der Waals surface area contributed by atoms with Gasteiger partial charge in [-0.3, -0.25) is 14.4 Å². The number of hydrogen-bond donors (Lipinski definition) is 3. The van der Waals surface area contributed by atoms with Crippen molar-refractivity contribution in [3.63, 3.8) is 0 Å². The first kappa shape index (κ1) is 49.3. The molecule has 2 fully saturated rings. The number of piperidine rings is 1. The Bertz CT molecular complexity index is 2290. The summed E-state index contributed by atoms with van der Waals surface area (Å²) in [6, 6.07) is 17.0. The number of azo groups is 1. The number of nitrogens with zero attached hydrogens (tertiary/aromatic N) is 4. The van der Waals surface area contributed by atoms with Crippen LogP contribution >= 0.6 is 0 Å². The second-order valence-electron chi connectivity index (χ2n) is 19.3. The fourth-order valence-electron chi connectivity index (χ4n) is 8.29. The summed E-state index contributed by atoms with van der Waals surface area (Å²) in [5.74, 6) is -1.55. The average Bonchev–Trinajstić information content (AvgIpc) is 3.80. The van der Waals surface area contributed by atoms with Gasteiger partial charge in [0.25, 0.3) is 5.91 Å². The Kier molecular flexibility index (Phi) is 15.7. The van der Waals surface area contributed by atoms with E-state index >= 15 is 0 Å². The minimum atomic E-state index is -4.83. The van der Waals surface area contributed by atoms with Gasteiger partial charge in [0, 0.05) is 55.2 Å². The van der Waals surface area contributed by atoms with Crippen molar-refractivity contribution in [3.05, 3.63) is 89.0 Å². The third-order valence-electron chi connectivity index (χ3n) is 11.7. The van der Waals surface area contributed by atoms with Gasteiger partial charge in [0.2, 0.25) is 5.91 Å². The molecule has 17 heteroatoms. The van der Waals surface area contributed by atoms with E-state index in [1.807, 2.05) is 0 Å². The Morgan fingerprint density at radius 2 is 1.39 bits per heavy atom. The number of amidine groups is 1. The first-order valence-electron chi connectivity index (χ1n) is 22.5. The van der Waals surface area contributed by atoms with Crippen molar-refractivity contribution in [2.24, 2.45) is 33.0 Å². The van der Waals surface area contributed by atoms with Crippen LogP contribution in [0.4, 0.5) is 28.4 Å². The molecule has 14 nitrogen and oxygen atoms in total. The third-order valence-corrected chi connectivity index (χ3v) is 11.7. The molecule has 1 saturated heterocycles. The molecule has 0 unspecified atom stereocenters. The standard InChI is InChI=1S/C49H60F3N7O7/c1-47(2,3)65-45(63)53-28-31-9-13-33(14-10-31)41(60)27-36(43(61)56-37-18-15-34(16-19-37)42-54-29-55-58-42)25-30-7-11-32(12-8-30)35-17-20-39(40(26-35)49(50,51)52)44(62)57-38-21-23-59(24-22-38)46(64)66-48(4,5)6/h7-8,11-12,15-20,26,31,33,36,38H,9-10,13-14,21-25,27-29H2,1-6H3,(H,53,63)(H,56,61)(H,57,62)/t31?,33?,36-/m1/s1. The molecule has 1 saturated carbocycles. The van der Waals surface area contributed by atoms with E-state index in [-0.39, 0.29) is 48.6 Å². The first-order chi connectivity index (χ1) is 31.1. The molecule has 1 atom stereocenters. The number of likely N-dealkylation sites (tertiary alicyclic amines) is 1. The summed E-state index contributed by atoms with van der Waals surface area (Å²) in [6.45, 7) is 12.0.